The molecule has 0 saturated carbocycles. The van der Waals surface area contributed by atoms with Crippen molar-refractivity contribution < 1.29 is 13.2 Å². The minimum Gasteiger partial charge on any atom is -0.310 e. The number of hydrogen-bond donors (Lipinski definition) is 0. The molecule has 0 fully saturated rings. The van der Waals surface area contributed by atoms with Gasteiger partial charge in [-0.15, -0.1) is 0 Å². The van der Waals surface area contributed by atoms with Gasteiger partial charge >= 0.3 is 0 Å². The van der Waals surface area contributed by atoms with Crippen LogP contribution in [0.2, 0.25) is 0 Å². The van der Waals surface area contributed by atoms with Gasteiger partial charge in [-0.1, -0.05) is 43.3 Å². The lowest BCUT2D eigenvalue weighted by Gasteiger charge is -2.33. The van der Waals surface area contributed by atoms with Crippen molar-refractivity contribution in [2.24, 2.45) is 0 Å². The largest absolute Gasteiger partial charge is 0.310 e. The third-order valence-electron chi connectivity index (χ3n) is 4.48. The van der Waals surface area contributed by atoms with Crippen molar-refractivity contribution in [2.45, 2.75) is 25.8 Å². The first-order valence-corrected chi connectivity index (χ1v) is 10.2. The highest BCUT2D eigenvalue weighted by molar-refractivity contribution is 7.92. The predicted molar refractivity (Wildman–Crippen MR) is 100 cm³/mol. The molecule has 0 spiro atoms. The Bertz CT molecular complexity index is 865. The third kappa shape index (κ3) is 3.39. The maximum absolute atomic E-state index is 13.2. The normalized spacial score (nSPS) is 14.9. The number of nitrogens with zero attached hydrogens (tertiary/aromatic N) is 2. The van der Waals surface area contributed by atoms with E-state index in [2.05, 4.69) is 0 Å². The van der Waals surface area contributed by atoms with Gasteiger partial charge < -0.3 is 4.90 Å². The Morgan fingerprint density at radius 2 is 1.76 bits per heavy atom. The number of hydrogen-bond acceptors (Lipinski definition) is 3. The molecule has 3 rings (SSSR count). The molecule has 0 radical (unpaired) electrons. The van der Waals surface area contributed by atoms with E-state index in [9.17, 15) is 13.2 Å². The minimum atomic E-state index is -3.60. The van der Waals surface area contributed by atoms with Crippen LogP contribution in [0.25, 0.3) is 0 Å². The Hall–Kier alpha value is -2.34. The number of para-hydroxylation sites is 2. The average Bonchev–Trinajstić information content (AvgIpc) is 3.02. The Balaban J connectivity index is 1.99. The first-order chi connectivity index (χ1) is 11.9. The summed E-state index contributed by atoms with van der Waals surface area (Å²) in [5.41, 5.74) is 2.52. The molecule has 0 aromatic heterocycles. The SMILES string of the molecule is CC[C@@H](C(=O)N1CCc2ccccc21)N(c1ccccc1)S(C)(=O)=O. The Kier molecular flexibility index (Phi) is 4.81. The monoisotopic (exact) mass is 358 g/mol. The van der Waals surface area contributed by atoms with Gasteiger partial charge in [0.05, 0.1) is 11.9 Å². The highest BCUT2D eigenvalue weighted by Crippen LogP contribution is 2.30. The number of carbonyl (C=O) groups is 1. The molecule has 1 aliphatic heterocycles. The number of amides is 1. The molecular weight excluding hydrogens is 336 g/mol. The van der Waals surface area contributed by atoms with Crippen LogP contribution in [0.15, 0.2) is 54.6 Å². The molecule has 132 valence electrons. The van der Waals surface area contributed by atoms with E-state index >= 15 is 0 Å². The topological polar surface area (TPSA) is 57.7 Å². The van der Waals surface area contributed by atoms with Crippen LogP contribution in [0.5, 0.6) is 0 Å². The summed E-state index contributed by atoms with van der Waals surface area (Å²) in [6, 6.07) is 15.8. The lowest BCUT2D eigenvalue weighted by molar-refractivity contribution is -0.119. The fourth-order valence-corrected chi connectivity index (χ4v) is 4.57. The summed E-state index contributed by atoms with van der Waals surface area (Å²) in [6.45, 7) is 2.42. The van der Waals surface area contributed by atoms with Gasteiger partial charge in [0.1, 0.15) is 6.04 Å². The third-order valence-corrected chi connectivity index (χ3v) is 5.66. The maximum Gasteiger partial charge on any atom is 0.250 e. The van der Waals surface area contributed by atoms with Crippen LogP contribution in [0.4, 0.5) is 11.4 Å². The number of benzene rings is 2. The first kappa shape index (κ1) is 17.5. The average molecular weight is 358 g/mol. The lowest BCUT2D eigenvalue weighted by Crippen LogP contribution is -2.50. The number of rotatable bonds is 5. The van der Waals surface area contributed by atoms with Crippen molar-refractivity contribution in [3.63, 3.8) is 0 Å². The van der Waals surface area contributed by atoms with Crippen molar-refractivity contribution in [2.75, 3.05) is 22.0 Å². The van der Waals surface area contributed by atoms with Crippen LogP contribution in [-0.2, 0) is 21.2 Å². The Labute approximate surface area is 148 Å². The van der Waals surface area contributed by atoms with Crippen LogP contribution in [0.3, 0.4) is 0 Å². The molecule has 1 heterocycles. The zero-order valence-electron chi connectivity index (χ0n) is 14.4. The molecule has 2 aromatic rings. The summed E-state index contributed by atoms with van der Waals surface area (Å²) >= 11 is 0. The van der Waals surface area contributed by atoms with Crippen LogP contribution >= 0.6 is 0 Å². The molecule has 0 saturated heterocycles. The molecular formula is C19H22N2O3S. The van der Waals surface area contributed by atoms with Gasteiger partial charge in [-0.3, -0.25) is 9.10 Å². The minimum absolute atomic E-state index is 0.179. The molecule has 1 aliphatic rings. The van der Waals surface area contributed by atoms with E-state index in [-0.39, 0.29) is 5.91 Å². The molecule has 0 bridgehead atoms. The molecule has 6 heteroatoms. The highest BCUT2D eigenvalue weighted by atomic mass is 32.2. The number of fused-ring (bicyclic) bond motifs is 1. The molecule has 5 nitrogen and oxygen atoms in total. The van der Waals surface area contributed by atoms with Crippen molar-refractivity contribution in [3.05, 3.63) is 60.2 Å². The summed E-state index contributed by atoms with van der Waals surface area (Å²) in [4.78, 5) is 14.9. The zero-order valence-corrected chi connectivity index (χ0v) is 15.2. The van der Waals surface area contributed by atoms with Gasteiger partial charge in [0.25, 0.3) is 5.91 Å². The second-order valence-corrected chi connectivity index (χ2v) is 8.05. The molecule has 2 aromatic carbocycles. The van der Waals surface area contributed by atoms with E-state index in [0.717, 1.165) is 23.9 Å². The van der Waals surface area contributed by atoms with E-state index < -0.39 is 16.1 Å². The van der Waals surface area contributed by atoms with Crippen molar-refractivity contribution in [1.82, 2.24) is 0 Å². The van der Waals surface area contributed by atoms with Gasteiger partial charge in [0.2, 0.25) is 10.0 Å². The van der Waals surface area contributed by atoms with Crippen molar-refractivity contribution >= 4 is 27.3 Å². The van der Waals surface area contributed by atoms with E-state index in [4.69, 9.17) is 0 Å². The van der Waals surface area contributed by atoms with Crippen LogP contribution in [0.1, 0.15) is 18.9 Å². The van der Waals surface area contributed by atoms with Crippen LogP contribution in [0, 0.1) is 0 Å². The lowest BCUT2D eigenvalue weighted by atomic mass is 10.1. The number of sulfonamides is 1. The molecule has 0 N–H and O–H groups in total. The van der Waals surface area contributed by atoms with E-state index in [1.165, 1.54) is 4.31 Å². The first-order valence-electron chi connectivity index (χ1n) is 8.37. The highest BCUT2D eigenvalue weighted by Gasteiger charge is 2.36. The van der Waals surface area contributed by atoms with E-state index in [0.29, 0.717) is 18.7 Å². The standard InChI is InChI=1S/C19H22N2O3S/c1-3-17(21(25(2,23)24)16-10-5-4-6-11-16)19(22)20-14-13-15-9-7-8-12-18(15)20/h4-12,17H,3,13-14H2,1-2H3/t17-/m0/s1. The van der Waals surface area contributed by atoms with Gasteiger partial charge in [-0.2, -0.15) is 0 Å². The second kappa shape index (κ2) is 6.88. The van der Waals surface area contributed by atoms with E-state index in [1.807, 2.05) is 37.3 Å². The zero-order chi connectivity index (χ0) is 18.0. The quantitative estimate of drug-likeness (QED) is 0.826. The summed E-state index contributed by atoms with van der Waals surface area (Å²) in [5, 5.41) is 0. The summed E-state index contributed by atoms with van der Waals surface area (Å²) in [7, 11) is -3.60. The maximum atomic E-state index is 13.2. The van der Waals surface area contributed by atoms with Gasteiger partial charge in [0.15, 0.2) is 0 Å². The fourth-order valence-electron chi connectivity index (χ4n) is 3.37. The number of anilines is 2. The fraction of sp³-hybridized carbons (Fsp3) is 0.316. The second-order valence-electron chi connectivity index (χ2n) is 6.19. The number of carbonyl (C=O) groups excluding carboxylic acids is 1. The molecule has 0 unspecified atom stereocenters. The molecule has 0 aliphatic carbocycles. The van der Waals surface area contributed by atoms with Gasteiger partial charge in [-0.05, 0) is 36.6 Å². The smallest absolute Gasteiger partial charge is 0.250 e. The van der Waals surface area contributed by atoms with Gasteiger partial charge in [0, 0.05) is 12.2 Å². The van der Waals surface area contributed by atoms with Crippen LogP contribution in [-0.4, -0.2) is 33.2 Å². The van der Waals surface area contributed by atoms with E-state index in [1.54, 1.807) is 29.2 Å². The Morgan fingerprint density at radius 1 is 1.12 bits per heavy atom. The van der Waals surface area contributed by atoms with Crippen LogP contribution < -0.4 is 9.21 Å². The van der Waals surface area contributed by atoms with Crippen molar-refractivity contribution in [1.29, 1.82) is 0 Å². The molecule has 25 heavy (non-hydrogen) atoms. The summed E-state index contributed by atoms with van der Waals surface area (Å²) < 4.78 is 26.2. The molecule has 1 amide bonds. The summed E-state index contributed by atoms with van der Waals surface area (Å²) in [6.07, 6.45) is 2.34. The Morgan fingerprint density at radius 3 is 2.40 bits per heavy atom. The predicted octanol–water partition coefficient (Wildman–Crippen LogP) is 2.82. The molecule has 1 atom stereocenters. The summed E-state index contributed by atoms with van der Waals surface area (Å²) in [5.74, 6) is -0.179. The van der Waals surface area contributed by atoms with Gasteiger partial charge in [-0.25, -0.2) is 8.42 Å². The van der Waals surface area contributed by atoms with Crippen molar-refractivity contribution in [3.8, 4) is 0 Å².